The van der Waals surface area contributed by atoms with Gasteiger partial charge < -0.3 is 5.32 Å². The number of hydrogen-bond acceptors (Lipinski definition) is 3. The SMILES string of the molecule is Clc1ccc(CCCn2ccnn2)cc1CNC1CC1. The summed E-state index contributed by atoms with van der Waals surface area (Å²) in [5.41, 5.74) is 2.54. The minimum absolute atomic E-state index is 0.710. The van der Waals surface area contributed by atoms with Crippen LogP contribution in [0, 0.1) is 0 Å². The number of halogens is 1. The molecule has 1 aliphatic carbocycles. The van der Waals surface area contributed by atoms with Gasteiger partial charge in [-0.15, -0.1) is 5.10 Å². The van der Waals surface area contributed by atoms with Gasteiger partial charge in [0.2, 0.25) is 0 Å². The molecule has 0 amide bonds. The fourth-order valence-electron chi connectivity index (χ4n) is 2.26. The third-order valence-electron chi connectivity index (χ3n) is 3.59. The van der Waals surface area contributed by atoms with Gasteiger partial charge in [0.15, 0.2) is 0 Å². The minimum Gasteiger partial charge on any atom is -0.310 e. The van der Waals surface area contributed by atoms with Crippen LogP contribution in [0.5, 0.6) is 0 Å². The summed E-state index contributed by atoms with van der Waals surface area (Å²) in [6.45, 7) is 1.78. The number of nitrogens with zero attached hydrogens (tertiary/aromatic N) is 3. The number of rotatable bonds is 7. The highest BCUT2D eigenvalue weighted by molar-refractivity contribution is 6.31. The Labute approximate surface area is 124 Å². The Bertz CT molecular complexity index is 549. The summed E-state index contributed by atoms with van der Waals surface area (Å²) in [7, 11) is 0. The summed E-state index contributed by atoms with van der Waals surface area (Å²) >= 11 is 6.25. The lowest BCUT2D eigenvalue weighted by atomic mass is 10.1. The average molecular weight is 291 g/mol. The second kappa shape index (κ2) is 6.37. The molecule has 4 nitrogen and oxygen atoms in total. The van der Waals surface area contributed by atoms with Gasteiger partial charge in [0.25, 0.3) is 0 Å². The van der Waals surface area contributed by atoms with Gasteiger partial charge in [0.05, 0.1) is 6.20 Å². The molecule has 0 bridgehead atoms. The van der Waals surface area contributed by atoms with E-state index >= 15 is 0 Å². The van der Waals surface area contributed by atoms with Crippen molar-refractivity contribution in [2.24, 2.45) is 0 Å². The molecular weight excluding hydrogens is 272 g/mol. The van der Waals surface area contributed by atoms with E-state index in [0.29, 0.717) is 6.04 Å². The van der Waals surface area contributed by atoms with Crippen molar-refractivity contribution in [2.75, 3.05) is 0 Å². The van der Waals surface area contributed by atoms with Crippen LogP contribution in [0.25, 0.3) is 0 Å². The highest BCUT2D eigenvalue weighted by atomic mass is 35.5. The predicted octanol–water partition coefficient (Wildman–Crippen LogP) is 2.82. The normalized spacial score (nSPS) is 14.7. The number of benzene rings is 1. The van der Waals surface area contributed by atoms with E-state index in [1.165, 1.54) is 24.0 Å². The molecule has 5 heteroatoms. The molecule has 0 unspecified atom stereocenters. The van der Waals surface area contributed by atoms with E-state index in [2.05, 4.69) is 27.8 Å². The van der Waals surface area contributed by atoms with Crippen molar-refractivity contribution in [3.63, 3.8) is 0 Å². The van der Waals surface area contributed by atoms with Crippen molar-refractivity contribution in [3.05, 3.63) is 46.7 Å². The van der Waals surface area contributed by atoms with Crippen LogP contribution in [-0.2, 0) is 19.5 Å². The Kier molecular flexibility index (Phi) is 4.33. The van der Waals surface area contributed by atoms with Crippen LogP contribution in [0.15, 0.2) is 30.6 Å². The molecule has 0 aliphatic heterocycles. The van der Waals surface area contributed by atoms with E-state index in [4.69, 9.17) is 11.6 Å². The second-order valence-corrected chi connectivity index (χ2v) is 5.76. The monoisotopic (exact) mass is 290 g/mol. The van der Waals surface area contributed by atoms with Crippen LogP contribution >= 0.6 is 11.6 Å². The van der Waals surface area contributed by atoms with Crippen molar-refractivity contribution in [1.82, 2.24) is 20.3 Å². The molecule has 0 saturated heterocycles. The third-order valence-corrected chi connectivity index (χ3v) is 3.96. The van der Waals surface area contributed by atoms with Crippen molar-refractivity contribution in [3.8, 4) is 0 Å². The highest BCUT2D eigenvalue weighted by Gasteiger charge is 2.20. The lowest BCUT2D eigenvalue weighted by Gasteiger charge is -2.09. The Balaban J connectivity index is 1.53. The van der Waals surface area contributed by atoms with Gasteiger partial charge in [-0.05, 0) is 42.9 Å². The van der Waals surface area contributed by atoms with Gasteiger partial charge in [-0.2, -0.15) is 0 Å². The lowest BCUT2D eigenvalue weighted by molar-refractivity contribution is 0.558. The topological polar surface area (TPSA) is 42.7 Å². The summed E-state index contributed by atoms with van der Waals surface area (Å²) in [4.78, 5) is 0. The zero-order valence-electron chi connectivity index (χ0n) is 11.4. The number of aromatic nitrogens is 3. The van der Waals surface area contributed by atoms with Crippen LogP contribution in [0.4, 0.5) is 0 Å². The van der Waals surface area contributed by atoms with Gasteiger partial charge in [0, 0.05) is 30.4 Å². The molecule has 1 saturated carbocycles. The largest absolute Gasteiger partial charge is 0.310 e. The maximum Gasteiger partial charge on any atom is 0.0692 e. The van der Waals surface area contributed by atoms with Gasteiger partial charge >= 0.3 is 0 Å². The molecule has 0 radical (unpaired) electrons. The third kappa shape index (κ3) is 3.81. The van der Waals surface area contributed by atoms with Crippen molar-refractivity contribution < 1.29 is 0 Å². The molecule has 2 aromatic rings. The number of aryl methyl sites for hydroxylation is 2. The molecule has 1 aliphatic rings. The first-order valence-electron chi connectivity index (χ1n) is 7.16. The molecule has 1 aromatic heterocycles. The fourth-order valence-corrected chi connectivity index (χ4v) is 2.44. The molecular formula is C15H19ClN4. The van der Waals surface area contributed by atoms with Crippen molar-refractivity contribution >= 4 is 11.6 Å². The van der Waals surface area contributed by atoms with Gasteiger partial charge in [0.1, 0.15) is 0 Å². The fraction of sp³-hybridized carbons (Fsp3) is 0.467. The Morgan fingerprint density at radius 1 is 1.35 bits per heavy atom. The van der Waals surface area contributed by atoms with E-state index in [-0.39, 0.29) is 0 Å². The molecule has 0 spiro atoms. The molecule has 1 aromatic carbocycles. The Morgan fingerprint density at radius 2 is 2.25 bits per heavy atom. The maximum absolute atomic E-state index is 6.25. The first-order valence-corrected chi connectivity index (χ1v) is 7.54. The summed E-state index contributed by atoms with van der Waals surface area (Å²) < 4.78 is 1.87. The van der Waals surface area contributed by atoms with Crippen LogP contribution in [-0.4, -0.2) is 21.0 Å². The van der Waals surface area contributed by atoms with Crippen LogP contribution in [0.2, 0.25) is 5.02 Å². The summed E-state index contributed by atoms with van der Waals surface area (Å²) in [5.74, 6) is 0. The molecule has 1 N–H and O–H groups in total. The van der Waals surface area contributed by atoms with Gasteiger partial charge in [-0.1, -0.05) is 28.9 Å². The zero-order valence-corrected chi connectivity index (χ0v) is 12.2. The first-order chi connectivity index (χ1) is 9.81. The van der Waals surface area contributed by atoms with Crippen LogP contribution < -0.4 is 5.32 Å². The highest BCUT2D eigenvalue weighted by Crippen LogP contribution is 2.22. The quantitative estimate of drug-likeness (QED) is 0.853. The van der Waals surface area contributed by atoms with Crippen LogP contribution in [0.1, 0.15) is 30.4 Å². The van der Waals surface area contributed by atoms with E-state index in [1.54, 1.807) is 6.20 Å². The summed E-state index contributed by atoms with van der Waals surface area (Å²) in [6, 6.07) is 7.06. The summed E-state index contributed by atoms with van der Waals surface area (Å²) in [6.07, 6.45) is 8.30. The zero-order chi connectivity index (χ0) is 13.8. The Hall–Kier alpha value is -1.39. The smallest absolute Gasteiger partial charge is 0.0692 e. The van der Waals surface area contributed by atoms with E-state index in [9.17, 15) is 0 Å². The average Bonchev–Trinajstić information content (AvgIpc) is 3.14. The molecule has 1 fully saturated rings. The molecule has 0 atom stereocenters. The molecule has 20 heavy (non-hydrogen) atoms. The summed E-state index contributed by atoms with van der Waals surface area (Å²) in [5, 5.41) is 12.1. The Morgan fingerprint density at radius 3 is 3.00 bits per heavy atom. The second-order valence-electron chi connectivity index (χ2n) is 5.35. The van der Waals surface area contributed by atoms with Gasteiger partial charge in [-0.3, -0.25) is 4.68 Å². The van der Waals surface area contributed by atoms with E-state index < -0.39 is 0 Å². The molecule has 1 heterocycles. The molecule has 106 valence electrons. The van der Waals surface area contributed by atoms with E-state index in [1.807, 2.05) is 16.9 Å². The van der Waals surface area contributed by atoms with E-state index in [0.717, 1.165) is 31.0 Å². The predicted molar refractivity (Wildman–Crippen MR) is 79.7 cm³/mol. The van der Waals surface area contributed by atoms with Crippen molar-refractivity contribution in [2.45, 2.75) is 44.8 Å². The minimum atomic E-state index is 0.710. The first kappa shape index (κ1) is 13.6. The molecule has 3 rings (SSSR count). The maximum atomic E-state index is 6.25. The van der Waals surface area contributed by atoms with Crippen molar-refractivity contribution in [1.29, 1.82) is 0 Å². The lowest BCUT2D eigenvalue weighted by Crippen LogP contribution is -2.15. The van der Waals surface area contributed by atoms with Gasteiger partial charge in [-0.25, -0.2) is 0 Å². The van der Waals surface area contributed by atoms with Crippen LogP contribution in [0.3, 0.4) is 0 Å². The number of hydrogen-bond donors (Lipinski definition) is 1. The standard InChI is InChI=1S/C15H19ClN4/c16-15-6-3-12(2-1-8-20-9-7-18-19-20)10-13(15)11-17-14-4-5-14/h3,6-7,9-10,14,17H,1-2,4-5,8,11H2. The number of nitrogens with one attached hydrogen (secondary N) is 1.